The summed E-state index contributed by atoms with van der Waals surface area (Å²) in [5.74, 6) is 1.05. The summed E-state index contributed by atoms with van der Waals surface area (Å²) >= 11 is 0. The van der Waals surface area contributed by atoms with Gasteiger partial charge in [-0.2, -0.15) is 0 Å². The van der Waals surface area contributed by atoms with Gasteiger partial charge in [-0.25, -0.2) is 0 Å². The lowest BCUT2D eigenvalue weighted by Gasteiger charge is -2.32. The van der Waals surface area contributed by atoms with Crippen molar-refractivity contribution in [3.05, 3.63) is 95.6 Å². The van der Waals surface area contributed by atoms with Crippen LogP contribution in [0.1, 0.15) is 37.0 Å². The molecule has 0 saturated carbocycles. The van der Waals surface area contributed by atoms with E-state index in [9.17, 15) is 9.59 Å². The van der Waals surface area contributed by atoms with E-state index < -0.39 is 6.04 Å². The number of hydrogen-bond acceptors (Lipinski definition) is 4. The largest absolute Gasteiger partial charge is 0.493 e. The Morgan fingerprint density at radius 1 is 0.806 bits per heavy atom. The van der Waals surface area contributed by atoms with Gasteiger partial charge in [0.15, 0.2) is 11.5 Å². The maximum absolute atomic E-state index is 13.7. The summed E-state index contributed by atoms with van der Waals surface area (Å²) in [5.41, 5.74) is 2.95. The molecule has 3 aromatic carbocycles. The molecule has 0 heterocycles. The number of nitrogens with zero attached hydrogens (tertiary/aromatic N) is 1. The van der Waals surface area contributed by atoms with E-state index >= 15 is 0 Å². The quantitative estimate of drug-likeness (QED) is 0.398. The van der Waals surface area contributed by atoms with Gasteiger partial charge in [0.25, 0.3) is 0 Å². The summed E-state index contributed by atoms with van der Waals surface area (Å²) in [6.07, 6.45) is 1.23. The zero-order chi connectivity index (χ0) is 25.9. The fourth-order valence-corrected chi connectivity index (χ4v) is 4.15. The maximum Gasteiger partial charge on any atom is 0.243 e. The van der Waals surface area contributed by atoms with Crippen molar-refractivity contribution in [1.82, 2.24) is 10.2 Å². The van der Waals surface area contributed by atoms with Crippen molar-refractivity contribution in [3.63, 3.8) is 0 Å². The van der Waals surface area contributed by atoms with Crippen molar-refractivity contribution in [3.8, 4) is 11.5 Å². The third-order valence-corrected chi connectivity index (χ3v) is 5.97. The molecule has 0 aliphatic rings. The number of hydrogen-bond donors (Lipinski definition) is 1. The Balaban J connectivity index is 1.88. The topological polar surface area (TPSA) is 67.9 Å². The SMILES string of the molecule is COc1ccc(CCC(=O)N(Cc2ccccc2)[C@H](Cc2ccccc2)C(=O)NC(C)C)cc1OC. The number of methoxy groups -OCH3 is 2. The Hall–Kier alpha value is -3.80. The minimum atomic E-state index is -0.632. The third kappa shape index (κ3) is 7.60. The third-order valence-electron chi connectivity index (χ3n) is 5.97. The number of benzene rings is 3. The first kappa shape index (κ1) is 26.8. The van der Waals surface area contributed by atoms with Gasteiger partial charge in [-0.1, -0.05) is 66.7 Å². The molecule has 0 radical (unpaired) electrons. The van der Waals surface area contributed by atoms with E-state index in [0.29, 0.717) is 30.9 Å². The van der Waals surface area contributed by atoms with Crippen LogP contribution in [-0.4, -0.2) is 43.0 Å². The molecule has 2 amide bonds. The van der Waals surface area contributed by atoms with Gasteiger partial charge < -0.3 is 19.7 Å². The van der Waals surface area contributed by atoms with Crippen molar-refractivity contribution < 1.29 is 19.1 Å². The van der Waals surface area contributed by atoms with Crippen LogP contribution in [0.5, 0.6) is 11.5 Å². The molecule has 190 valence electrons. The molecule has 0 bridgehead atoms. The second kappa shape index (κ2) is 13.3. The normalized spacial score (nSPS) is 11.6. The van der Waals surface area contributed by atoms with Crippen LogP contribution in [0.3, 0.4) is 0 Å². The summed E-state index contributed by atoms with van der Waals surface area (Å²) in [6.45, 7) is 4.21. The summed E-state index contributed by atoms with van der Waals surface area (Å²) in [5, 5.41) is 3.02. The van der Waals surface area contributed by atoms with Gasteiger partial charge in [0, 0.05) is 25.4 Å². The first-order chi connectivity index (χ1) is 17.4. The van der Waals surface area contributed by atoms with Crippen LogP contribution < -0.4 is 14.8 Å². The number of rotatable bonds is 12. The van der Waals surface area contributed by atoms with Crippen molar-refractivity contribution in [1.29, 1.82) is 0 Å². The number of carbonyl (C=O) groups is 2. The van der Waals surface area contributed by atoms with Gasteiger partial charge in [-0.05, 0) is 49.1 Å². The van der Waals surface area contributed by atoms with Crippen molar-refractivity contribution in [2.24, 2.45) is 0 Å². The molecule has 0 saturated heterocycles. The second-order valence-corrected chi connectivity index (χ2v) is 9.07. The molecule has 3 rings (SSSR count). The highest BCUT2D eigenvalue weighted by molar-refractivity contribution is 5.88. The van der Waals surface area contributed by atoms with E-state index in [1.165, 1.54) is 0 Å². The van der Waals surface area contributed by atoms with Crippen LogP contribution in [-0.2, 0) is 29.0 Å². The Labute approximate surface area is 214 Å². The lowest BCUT2D eigenvalue weighted by molar-refractivity contribution is -0.141. The molecule has 0 aliphatic carbocycles. The number of aryl methyl sites for hydroxylation is 1. The first-order valence-electron chi connectivity index (χ1n) is 12.3. The fourth-order valence-electron chi connectivity index (χ4n) is 4.15. The van der Waals surface area contributed by atoms with Gasteiger partial charge in [0.1, 0.15) is 6.04 Å². The molecule has 0 aliphatic heterocycles. The summed E-state index contributed by atoms with van der Waals surface area (Å²) in [7, 11) is 3.19. The lowest BCUT2D eigenvalue weighted by atomic mass is 10.0. The molecule has 6 heteroatoms. The van der Waals surface area contributed by atoms with Gasteiger partial charge >= 0.3 is 0 Å². The van der Waals surface area contributed by atoms with Gasteiger partial charge in [0.05, 0.1) is 14.2 Å². The zero-order valence-electron chi connectivity index (χ0n) is 21.6. The van der Waals surface area contributed by atoms with Crippen LogP contribution in [0.4, 0.5) is 0 Å². The number of ether oxygens (including phenoxy) is 2. The highest BCUT2D eigenvalue weighted by Crippen LogP contribution is 2.28. The molecular formula is C30H36N2O4. The van der Waals surface area contributed by atoms with E-state index in [1.807, 2.05) is 92.7 Å². The maximum atomic E-state index is 13.7. The number of carbonyl (C=O) groups excluding carboxylic acids is 2. The predicted molar refractivity (Wildman–Crippen MR) is 142 cm³/mol. The Morgan fingerprint density at radius 3 is 2.00 bits per heavy atom. The van der Waals surface area contributed by atoms with Crippen molar-refractivity contribution >= 4 is 11.8 Å². The van der Waals surface area contributed by atoms with E-state index in [2.05, 4.69) is 5.32 Å². The molecule has 1 atom stereocenters. The number of amides is 2. The molecule has 0 fully saturated rings. The van der Waals surface area contributed by atoms with Gasteiger partial charge in [0.2, 0.25) is 11.8 Å². The minimum Gasteiger partial charge on any atom is -0.493 e. The predicted octanol–water partition coefficient (Wildman–Crippen LogP) is 4.80. The lowest BCUT2D eigenvalue weighted by Crippen LogP contribution is -2.51. The Kier molecular flexibility index (Phi) is 9.92. The van der Waals surface area contributed by atoms with Gasteiger partial charge in [-0.3, -0.25) is 9.59 Å². The minimum absolute atomic E-state index is 0.0313. The smallest absolute Gasteiger partial charge is 0.243 e. The summed E-state index contributed by atoms with van der Waals surface area (Å²) < 4.78 is 10.7. The Bertz CT molecular complexity index is 1120. The van der Waals surface area contributed by atoms with Crippen LogP contribution in [0.15, 0.2) is 78.9 Å². The molecule has 0 unspecified atom stereocenters. The molecule has 0 aromatic heterocycles. The average Bonchev–Trinajstić information content (AvgIpc) is 2.89. The van der Waals surface area contributed by atoms with Crippen LogP contribution in [0.25, 0.3) is 0 Å². The molecule has 0 spiro atoms. The second-order valence-electron chi connectivity index (χ2n) is 9.07. The molecule has 6 nitrogen and oxygen atoms in total. The number of nitrogens with one attached hydrogen (secondary N) is 1. The van der Waals surface area contributed by atoms with Crippen LogP contribution in [0.2, 0.25) is 0 Å². The average molecular weight is 489 g/mol. The van der Waals surface area contributed by atoms with Gasteiger partial charge in [-0.15, -0.1) is 0 Å². The summed E-state index contributed by atoms with van der Waals surface area (Å²) in [6, 6.07) is 24.6. The fraction of sp³-hybridized carbons (Fsp3) is 0.333. The van der Waals surface area contributed by atoms with E-state index in [0.717, 1.165) is 16.7 Å². The van der Waals surface area contributed by atoms with Crippen molar-refractivity contribution in [2.45, 2.75) is 51.7 Å². The monoisotopic (exact) mass is 488 g/mol. The Morgan fingerprint density at radius 2 is 1.42 bits per heavy atom. The summed E-state index contributed by atoms with van der Waals surface area (Å²) in [4.78, 5) is 28.8. The zero-order valence-corrected chi connectivity index (χ0v) is 21.6. The molecule has 1 N–H and O–H groups in total. The highest BCUT2D eigenvalue weighted by atomic mass is 16.5. The van der Waals surface area contributed by atoms with Crippen LogP contribution in [0, 0.1) is 0 Å². The van der Waals surface area contributed by atoms with E-state index in [1.54, 1.807) is 19.1 Å². The van der Waals surface area contributed by atoms with E-state index in [4.69, 9.17) is 9.47 Å². The molecular weight excluding hydrogens is 452 g/mol. The highest BCUT2D eigenvalue weighted by Gasteiger charge is 2.30. The first-order valence-corrected chi connectivity index (χ1v) is 12.3. The molecule has 3 aromatic rings. The molecule has 36 heavy (non-hydrogen) atoms. The van der Waals surface area contributed by atoms with Crippen LogP contribution >= 0.6 is 0 Å². The standard InChI is InChI=1S/C30H36N2O4/c1-22(2)31-30(34)26(19-23-11-7-5-8-12-23)32(21-25-13-9-6-10-14-25)29(33)18-16-24-15-17-27(35-3)28(20-24)36-4/h5-15,17,20,22,26H,16,18-19,21H2,1-4H3,(H,31,34)/t26-/m1/s1. The van der Waals surface area contributed by atoms with E-state index in [-0.39, 0.29) is 24.3 Å². The van der Waals surface area contributed by atoms with Crippen molar-refractivity contribution in [2.75, 3.05) is 14.2 Å².